The number of alkyl carbamates (subject to hydrolysis) is 1. The standard InChI is InChI=1S/C38H40N4O5/c1-41(22-27-12-4-2-5-13-27)24-34(35(43)40-38(36(44)45)20-21-42(26-38)23-28-14-6-3-7-15-28)39-37(46)47-25-33-31-18-10-8-16-29(31)30-17-9-11-19-32(30)33/h2-19,33-34H,20-26H2,1H3,(H,39,46)(H,40,43)(H,44,45). The zero-order chi connectivity index (χ0) is 32.8. The van der Waals surface area contributed by atoms with E-state index in [0.717, 1.165) is 33.4 Å². The van der Waals surface area contributed by atoms with Gasteiger partial charge in [0.05, 0.1) is 0 Å². The lowest BCUT2D eigenvalue weighted by atomic mass is 9.98. The molecular weight excluding hydrogens is 592 g/mol. The number of fused-ring (bicyclic) bond motifs is 3. The van der Waals surface area contributed by atoms with Gasteiger partial charge in [0.2, 0.25) is 5.91 Å². The number of carboxylic acids is 1. The van der Waals surface area contributed by atoms with Gasteiger partial charge in [0.1, 0.15) is 12.6 Å². The molecule has 1 aliphatic heterocycles. The Morgan fingerprint density at radius 2 is 1.45 bits per heavy atom. The molecule has 0 aromatic heterocycles. The maximum Gasteiger partial charge on any atom is 0.407 e. The molecular formula is C38H40N4O5. The Kier molecular flexibility index (Phi) is 9.65. The smallest absolute Gasteiger partial charge is 0.407 e. The summed E-state index contributed by atoms with van der Waals surface area (Å²) < 4.78 is 5.77. The fraction of sp³-hybridized carbons (Fsp3) is 0.289. The number of benzene rings is 4. The van der Waals surface area contributed by atoms with Crippen molar-refractivity contribution < 1.29 is 24.2 Å². The maximum absolute atomic E-state index is 13.9. The number of likely N-dealkylation sites (N-methyl/N-ethyl adjacent to an activating group) is 1. The van der Waals surface area contributed by atoms with Crippen molar-refractivity contribution in [2.24, 2.45) is 0 Å². The average Bonchev–Trinajstić information content (AvgIpc) is 3.63. The Balaban J connectivity index is 1.15. The summed E-state index contributed by atoms with van der Waals surface area (Å²) in [7, 11) is 1.86. The van der Waals surface area contributed by atoms with Gasteiger partial charge in [-0.05, 0) is 46.8 Å². The molecule has 0 radical (unpaired) electrons. The minimum Gasteiger partial charge on any atom is -0.479 e. The molecule has 2 atom stereocenters. The highest BCUT2D eigenvalue weighted by Crippen LogP contribution is 2.44. The average molecular weight is 633 g/mol. The van der Waals surface area contributed by atoms with Gasteiger partial charge >= 0.3 is 12.1 Å². The van der Waals surface area contributed by atoms with Crippen LogP contribution in [-0.2, 0) is 27.4 Å². The lowest BCUT2D eigenvalue weighted by molar-refractivity contribution is -0.147. The highest BCUT2D eigenvalue weighted by Gasteiger charge is 2.47. The van der Waals surface area contributed by atoms with E-state index in [2.05, 4.69) is 22.8 Å². The molecule has 1 heterocycles. The molecule has 2 unspecified atom stereocenters. The number of likely N-dealkylation sites (tertiary alicyclic amines) is 1. The summed E-state index contributed by atoms with van der Waals surface area (Å²) >= 11 is 0. The molecule has 47 heavy (non-hydrogen) atoms. The van der Waals surface area contributed by atoms with Crippen LogP contribution in [0.2, 0.25) is 0 Å². The predicted molar refractivity (Wildman–Crippen MR) is 180 cm³/mol. The highest BCUT2D eigenvalue weighted by atomic mass is 16.5. The van der Waals surface area contributed by atoms with Gasteiger partial charge in [0, 0.05) is 38.6 Å². The van der Waals surface area contributed by atoms with Crippen LogP contribution in [0.3, 0.4) is 0 Å². The van der Waals surface area contributed by atoms with Crippen LogP contribution in [0.4, 0.5) is 4.79 Å². The van der Waals surface area contributed by atoms with Crippen molar-refractivity contribution in [3.05, 3.63) is 131 Å². The number of hydrogen-bond acceptors (Lipinski definition) is 6. The van der Waals surface area contributed by atoms with E-state index in [0.29, 0.717) is 19.6 Å². The maximum atomic E-state index is 13.9. The van der Waals surface area contributed by atoms with E-state index in [1.807, 2.05) is 114 Å². The van der Waals surface area contributed by atoms with Gasteiger partial charge in [-0.2, -0.15) is 0 Å². The normalized spacial score (nSPS) is 17.9. The van der Waals surface area contributed by atoms with Gasteiger partial charge in [-0.25, -0.2) is 9.59 Å². The van der Waals surface area contributed by atoms with Crippen LogP contribution in [-0.4, -0.2) is 77.7 Å². The highest BCUT2D eigenvalue weighted by molar-refractivity contribution is 5.92. The summed E-state index contributed by atoms with van der Waals surface area (Å²) in [6.07, 6.45) is -0.486. The van der Waals surface area contributed by atoms with Gasteiger partial charge < -0.3 is 20.5 Å². The number of rotatable bonds is 12. The van der Waals surface area contributed by atoms with Crippen LogP contribution >= 0.6 is 0 Å². The Hall–Kier alpha value is -4.99. The van der Waals surface area contributed by atoms with E-state index in [4.69, 9.17) is 4.74 Å². The van der Waals surface area contributed by atoms with Crippen molar-refractivity contribution in [1.82, 2.24) is 20.4 Å². The number of amides is 2. The van der Waals surface area contributed by atoms with E-state index in [9.17, 15) is 19.5 Å². The van der Waals surface area contributed by atoms with E-state index >= 15 is 0 Å². The van der Waals surface area contributed by atoms with Crippen LogP contribution in [0.15, 0.2) is 109 Å². The molecule has 1 saturated heterocycles. The molecule has 0 spiro atoms. The molecule has 0 saturated carbocycles. The first-order valence-electron chi connectivity index (χ1n) is 16.0. The van der Waals surface area contributed by atoms with E-state index in [-0.39, 0.29) is 32.0 Å². The van der Waals surface area contributed by atoms with Crippen molar-refractivity contribution >= 4 is 18.0 Å². The minimum atomic E-state index is -1.48. The minimum absolute atomic E-state index is 0.0988. The second-order valence-electron chi connectivity index (χ2n) is 12.5. The monoisotopic (exact) mass is 632 g/mol. The number of nitrogens with one attached hydrogen (secondary N) is 2. The third-order valence-electron chi connectivity index (χ3n) is 9.11. The fourth-order valence-electron chi connectivity index (χ4n) is 6.77. The molecule has 242 valence electrons. The summed E-state index contributed by atoms with van der Waals surface area (Å²) in [4.78, 5) is 43.8. The second kappa shape index (κ2) is 14.2. The number of carbonyl (C=O) groups is 3. The summed E-state index contributed by atoms with van der Waals surface area (Å²) in [5.74, 6) is -1.80. The van der Waals surface area contributed by atoms with Crippen molar-refractivity contribution in [3.8, 4) is 11.1 Å². The Morgan fingerprint density at radius 1 is 0.872 bits per heavy atom. The summed E-state index contributed by atoms with van der Waals surface area (Å²) in [6.45, 7) is 2.02. The first-order chi connectivity index (χ1) is 22.8. The molecule has 4 aromatic rings. The predicted octanol–water partition coefficient (Wildman–Crippen LogP) is 4.87. The van der Waals surface area contributed by atoms with E-state index in [1.165, 1.54) is 0 Å². The van der Waals surface area contributed by atoms with Gasteiger partial charge in [-0.3, -0.25) is 14.6 Å². The molecule has 9 nitrogen and oxygen atoms in total. The number of aliphatic carboxylic acids is 1. The Labute approximate surface area is 275 Å². The topological polar surface area (TPSA) is 111 Å². The molecule has 4 aromatic carbocycles. The molecule has 1 fully saturated rings. The van der Waals surface area contributed by atoms with Crippen LogP contribution in [0.25, 0.3) is 11.1 Å². The van der Waals surface area contributed by atoms with Gasteiger partial charge in [0.25, 0.3) is 0 Å². The van der Waals surface area contributed by atoms with Crippen LogP contribution in [0, 0.1) is 0 Å². The zero-order valence-corrected chi connectivity index (χ0v) is 26.5. The van der Waals surface area contributed by atoms with Crippen molar-refractivity contribution in [2.75, 3.05) is 33.3 Å². The quantitative estimate of drug-likeness (QED) is 0.204. The molecule has 2 aliphatic rings. The zero-order valence-electron chi connectivity index (χ0n) is 26.5. The lowest BCUT2D eigenvalue weighted by Gasteiger charge is -2.30. The number of hydrogen-bond donors (Lipinski definition) is 3. The van der Waals surface area contributed by atoms with Crippen molar-refractivity contribution in [3.63, 3.8) is 0 Å². The molecule has 0 bridgehead atoms. The van der Waals surface area contributed by atoms with E-state index < -0.39 is 29.6 Å². The number of ether oxygens (including phenoxy) is 1. The van der Waals surface area contributed by atoms with Crippen molar-refractivity contribution in [1.29, 1.82) is 0 Å². The lowest BCUT2D eigenvalue weighted by Crippen LogP contribution is -2.62. The number of carbonyl (C=O) groups excluding carboxylic acids is 2. The van der Waals surface area contributed by atoms with Crippen LogP contribution in [0.1, 0.15) is 34.6 Å². The molecule has 3 N–H and O–H groups in total. The first kappa shape index (κ1) is 32.0. The third kappa shape index (κ3) is 7.37. The molecule has 1 aliphatic carbocycles. The summed E-state index contributed by atoms with van der Waals surface area (Å²) in [6, 6.07) is 34.7. The SMILES string of the molecule is CN(Cc1ccccc1)CC(NC(=O)OCC1c2ccccc2-c2ccccc21)C(=O)NC1(C(=O)O)CCN(Cc2ccccc2)C1. The molecule has 2 amide bonds. The number of nitrogens with zero attached hydrogens (tertiary/aromatic N) is 2. The fourth-order valence-corrected chi connectivity index (χ4v) is 6.77. The first-order valence-corrected chi connectivity index (χ1v) is 16.0. The van der Waals surface area contributed by atoms with Gasteiger partial charge in [0.15, 0.2) is 5.54 Å². The van der Waals surface area contributed by atoms with Crippen LogP contribution < -0.4 is 10.6 Å². The van der Waals surface area contributed by atoms with Crippen molar-refractivity contribution in [2.45, 2.75) is 37.0 Å². The Morgan fingerprint density at radius 3 is 2.06 bits per heavy atom. The summed E-state index contributed by atoms with van der Waals surface area (Å²) in [5.41, 5.74) is 5.04. The second-order valence-corrected chi connectivity index (χ2v) is 12.5. The molecule has 6 rings (SSSR count). The number of carboxylic acid groups (broad SMARTS) is 1. The van der Waals surface area contributed by atoms with Crippen LogP contribution in [0.5, 0.6) is 0 Å². The van der Waals surface area contributed by atoms with E-state index in [1.54, 1.807) is 0 Å². The largest absolute Gasteiger partial charge is 0.479 e. The Bertz CT molecular complexity index is 1670. The summed E-state index contributed by atoms with van der Waals surface area (Å²) in [5, 5.41) is 15.9. The molecule has 9 heteroatoms. The van der Waals surface area contributed by atoms with Gasteiger partial charge in [-0.1, -0.05) is 109 Å². The van der Waals surface area contributed by atoms with Gasteiger partial charge in [-0.15, -0.1) is 0 Å². The third-order valence-corrected chi connectivity index (χ3v) is 9.11.